The number of esters is 1. The second-order valence-electron chi connectivity index (χ2n) is 3.23. The number of rotatable bonds is 8. The van der Waals surface area contributed by atoms with Crippen LogP contribution in [0.4, 0.5) is 13.2 Å². The molecule has 0 spiro atoms. The standard InChI is InChI=1S/C9H14F3O6P/c1-3-4-17-19(14,15)18-6-5-16-8(13)7(2)9(10,11)12/h2-6H2,1H3,(H,14,15)/p-1. The summed E-state index contributed by atoms with van der Waals surface area (Å²) in [5, 5.41) is 0. The van der Waals surface area contributed by atoms with Crippen LogP contribution in [0.3, 0.4) is 0 Å². The van der Waals surface area contributed by atoms with Gasteiger partial charge in [-0.2, -0.15) is 13.2 Å². The first-order valence-electron chi connectivity index (χ1n) is 5.13. The molecule has 19 heavy (non-hydrogen) atoms. The first-order valence-corrected chi connectivity index (χ1v) is 6.59. The van der Waals surface area contributed by atoms with E-state index < -0.39 is 38.8 Å². The van der Waals surface area contributed by atoms with Gasteiger partial charge in [0.15, 0.2) is 0 Å². The first kappa shape index (κ1) is 18.1. The van der Waals surface area contributed by atoms with Gasteiger partial charge in [-0.25, -0.2) is 4.79 Å². The monoisotopic (exact) mass is 305 g/mol. The van der Waals surface area contributed by atoms with Crippen molar-refractivity contribution < 1.29 is 41.2 Å². The molecule has 1 atom stereocenters. The van der Waals surface area contributed by atoms with Crippen LogP contribution < -0.4 is 4.89 Å². The Morgan fingerprint density at radius 2 is 1.79 bits per heavy atom. The minimum absolute atomic E-state index is 0.0779. The van der Waals surface area contributed by atoms with Crippen molar-refractivity contribution in [2.75, 3.05) is 19.8 Å². The van der Waals surface area contributed by atoms with Crippen LogP contribution in [-0.2, 0) is 23.1 Å². The summed E-state index contributed by atoms with van der Waals surface area (Å²) in [7, 11) is -4.51. The third-order valence-electron chi connectivity index (χ3n) is 1.61. The third kappa shape index (κ3) is 7.99. The smallest absolute Gasteiger partial charge is 0.422 e. The van der Waals surface area contributed by atoms with E-state index in [2.05, 4.69) is 20.4 Å². The number of hydrogen-bond donors (Lipinski definition) is 0. The molecule has 0 fully saturated rings. The number of ether oxygens (including phenoxy) is 1. The zero-order valence-corrected chi connectivity index (χ0v) is 11.0. The maximum Gasteiger partial charge on any atom is 0.422 e. The van der Waals surface area contributed by atoms with Crippen molar-refractivity contribution in [1.29, 1.82) is 0 Å². The van der Waals surface area contributed by atoms with Gasteiger partial charge in [0.05, 0.1) is 13.2 Å². The van der Waals surface area contributed by atoms with E-state index in [4.69, 9.17) is 0 Å². The van der Waals surface area contributed by atoms with Gasteiger partial charge in [0.1, 0.15) is 12.2 Å². The summed E-state index contributed by atoms with van der Waals surface area (Å²) in [5.41, 5.74) is -1.68. The van der Waals surface area contributed by atoms with Gasteiger partial charge in [0, 0.05) is 0 Å². The summed E-state index contributed by atoms with van der Waals surface area (Å²) < 4.78 is 59.6. The first-order chi connectivity index (χ1) is 8.60. The lowest BCUT2D eigenvalue weighted by Gasteiger charge is -2.22. The average Bonchev–Trinajstić information content (AvgIpc) is 2.29. The average molecular weight is 305 g/mol. The third-order valence-corrected chi connectivity index (χ3v) is 2.61. The van der Waals surface area contributed by atoms with Gasteiger partial charge in [-0.05, 0) is 6.42 Å². The normalized spacial score (nSPS) is 14.8. The molecule has 1 unspecified atom stereocenters. The Kier molecular flexibility index (Phi) is 7.28. The van der Waals surface area contributed by atoms with Crippen LogP contribution in [0.15, 0.2) is 12.2 Å². The highest BCUT2D eigenvalue weighted by Crippen LogP contribution is 2.37. The number of alkyl halides is 3. The van der Waals surface area contributed by atoms with Crippen LogP contribution in [-0.4, -0.2) is 32.0 Å². The maximum absolute atomic E-state index is 12.0. The molecule has 0 radical (unpaired) electrons. The molecular weight excluding hydrogens is 292 g/mol. The van der Waals surface area contributed by atoms with Crippen molar-refractivity contribution in [1.82, 2.24) is 0 Å². The number of phosphoric ester groups is 1. The van der Waals surface area contributed by atoms with Gasteiger partial charge >= 0.3 is 12.1 Å². The quantitative estimate of drug-likeness (QED) is 0.293. The Bertz CT molecular complexity index is 367. The zero-order chi connectivity index (χ0) is 15.1. The SMILES string of the molecule is C=C(C(=O)OCCOP(=O)([O-])OCCC)C(F)(F)F. The molecule has 0 rings (SSSR count). The van der Waals surface area contributed by atoms with Crippen LogP contribution in [0.25, 0.3) is 0 Å². The molecule has 0 saturated heterocycles. The highest BCUT2D eigenvalue weighted by Gasteiger charge is 2.37. The van der Waals surface area contributed by atoms with E-state index in [1.807, 2.05) is 0 Å². The van der Waals surface area contributed by atoms with Crippen molar-refractivity contribution in [3.05, 3.63) is 12.2 Å². The van der Waals surface area contributed by atoms with Gasteiger partial charge in [-0.3, -0.25) is 4.57 Å². The van der Waals surface area contributed by atoms with E-state index in [0.29, 0.717) is 6.42 Å². The van der Waals surface area contributed by atoms with Crippen LogP contribution >= 0.6 is 7.82 Å². The molecule has 0 saturated carbocycles. The van der Waals surface area contributed by atoms with Crippen LogP contribution in [0.5, 0.6) is 0 Å². The Morgan fingerprint density at radius 3 is 2.26 bits per heavy atom. The molecule has 0 aromatic carbocycles. The van der Waals surface area contributed by atoms with E-state index in [1.54, 1.807) is 6.92 Å². The number of hydrogen-bond acceptors (Lipinski definition) is 6. The van der Waals surface area contributed by atoms with Gasteiger partial charge in [-0.15, -0.1) is 0 Å². The van der Waals surface area contributed by atoms with Crippen LogP contribution in [0, 0.1) is 0 Å². The lowest BCUT2D eigenvalue weighted by molar-refractivity contribution is -0.226. The second-order valence-corrected chi connectivity index (χ2v) is 4.64. The molecule has 0 amide bonds. The molecule has 0 aromatic rings. The lowest BCUT2D eigenvalue weighted by Crippen LogP contribution is -2.22. The van der Waals surface area contributed by atoms with Crippen molar-refractivity contribution in [3.63, 3.8) is 0 Å². The van der Waals surface area contributed by atoms with Gasteiger partial charge in [0.25, 0.3) is 7.82 Å². The predicted molar refractivity (Wildman–Crippen MR) is 56.0 cm³/mol. The van der Waals surface area contributed by atoms with Gasteiger partial charge in [0.2, 0.25) is 0 Å². The molecule has 0 aliphatic carbocycles. The second kappa shape index (κ2) is 7.64. The fraction of sp³-hybridized carbons (Fsp3) is 0.667. The Balaban J connectivity index is 3.96. The van der Waals surface area contributed by atoms with E-state index in [9.17, 15) is 27.4 Å². The molecule has 10 heteroatoms. The number of phosphoric acid groups is 1. The highest BCUT2D eigenvalue weighted by molar-refractivity contribution is 7.45. The van der Waals surface area contributed by atoms with E-state index in [1.165, 1.54) is 0 Å². The highest BCUT2D eigenvalue weighted by atomic mass is 31.2. The Morgan fingerprint density at radius 1 is 1.26 bits per heavy atom. The Hall–Kier alpha value is -0.890. The fourth-order valence-corrected chi connectivity index (χ4v) is 1.51. The fourth-order valence-electron chi connectivity index (χ4n) is 0.727. The van der Waals surface area contributed by atoms with E-state index in [-0.39, 0.29) is 6.61 Å². The summed E-state index contributed by atoms with van der Waals surface area (Å²) >= 11 is 0. The van der Waals surface area contributed by atoms with Crippen LogP contribution in [0.1, 0.15) is 13.3 Å². The minimum atomic E-state index is -4.89. The van der Waals surface area contributed by atoms with Gasteiger partial charge in [-0.1, -0.05) is 13.5 Å². The molecule has 0 aliphatic heterocycles. The number of halogens is 3. The molecule has 6 nitrogen and oxygen atoms in total. The lowest BCUT2D eigenvalue weighted by atomic mass is 10.3. The summed E-state index contributed by atoms with van der Waals surface area (Å²) in [6.07, 6.45) is -4.45. The summed E-state index contributed by atoms with van der Waals surface area (Å²) in [6, 6.07) is 0. The van der Waals surface area contributed by atoms with Crippen molar-refractivity contribution >= 4 is 13.8 Å². The molecule has 0 aromatic heterocycles. The predicted octanol–water partition coefficient (Wildman–Crippen LogP) is 1.56. The van der Waals surface area contributed by atoms with E-state index >= 15 is 0 Å². The molecule has 0 aliphatic rings. The summed E-state index contributed by atoms with van der Waals surface area (Å²) in [6.45, 7) is 2.80. The topological polar surface area (TPSA) is 84.9 Å². The molecule has 0 N–H and O–H groups in total. The van der Waals surface area contributed by atoms with Gasteiger partial charge < -0.3 is 18.7 Å². The molecule has 112 valence electrons. The minimum Gasteiger partial charge on any atom is -0.756 e. The zero-order valence-electron chi connectivity index (χ0n) is 10.1. The number of carbonyl (C=O) groups excluding carboxylic acids is 1. The van der Waals surface area contributed by atoms with Crippen LogP contribution in [0.2, 0.25) is 0 Å². The maximum atomic E-state index is 12.0. The van der Waals surface area contributed by atoms with Crippen molar-refractivity contribution in [2.45, 2.75) is 19.5 Å². The largest absolute Gasteiger partial charge is 0.756 e. The molecule has 0 bridgehead atoms. The number of carbonyl (C=O) groups is 1. The summed E-state index contributed by atoms with van der Waals surface area (Å²) in [4.78, 5) is 21.8. The van der Waals surface area contributed by atoms with E-state index in [0.717, 1.165) is 0 Å². The Labute approximate surface area is 107 Å². The van der Waals surface area contributed by atoms with Crippen molar-refractivity contribution in [2.24, 2.45) is 0 Å². The molecular formula is C9H13F3O6P-. The summed E-state index contributed by atoms with van der Waals surface area (Å²) in [5.74, 6) is -1.69. The molecule has 0 heterocycles. The van der Waals surface area contributed by atoms with Crippen molar-refractivity contribution in [3.8, 4) is 0 Å².